The Balaban J connectivity index is 2.45. The summed E-state index contributed by atoms with van der Waals surface area (Å²) in [6.07, 6.45) is 0. The summed E-state index contributed by atoms with van der Waals surface area (Å²) in [6, 6.07) is 14.1. The Bertz CT molecular complexity index is 528. The van der Waals surface area contributed by atoms with Crippen LogP contribution >= 0.6 is 63.9 Å². The van der Waals surface area contributed by atoms with Crippen LogP contribution in [0.15, 0.2) is 55.9 Å². The molecule has 0 saturated carbocycles. The summed E-state index contributed by atoms with van der Waals surface area (Å²) in [5, 5.41) is 0. The molecule has 17 heavy (non-hydrogen) atoms. The summed E-state index contributed by atoms with van der Waals surface area (Å²) in [6.45, 7) is 0. The van der Waals surface area contributed by atoms with Gasteiger partial charge in [0.05, 0.1) is 32.0 Å². The third-order valence-corrected chi connectivity index (χ3v) is 6.35. The molecule has 0 saturated heterocycles. The van der Waals surface area contributed by atoms with Crippen molar-refractivity contribution in [3.63, 3.8) is 0 Å². The summed E-state index contributed by atoms with van der Waals surface area (Å²) in [5.41, 5.74) is 2.11. The van der Waals surface area contributed by atoms with Crippen molar-refractivity contribution in [2.45, 2.75) is 0 Å². The fourth-order valence-corrected chi connectivity index (χ4v) is 3.59. The van der Waals surface area contributed by atoms with Gasteiger partial charge in [0.2, 0.25) is 0 Å². The number of hydrogen-bond donors (Lipinski definition) is 0. The molecule has 0 amide bonds. The third-order valence-electron chi connectivity index (χ3n) is 2.21. The Hall–Kier alpha value is 0.160. The number of para-hydroxylation sites is 1. The van der Waals surface area contributed by atoms with Crippen LogP contribution in [0.2, 0.25) is 0 Å². The van der Waals surface area contributed by atoms with Crippen LogP contribution in [0, 0.1) is 0 Å². The smallest absolute Gasteiger partial charge is 0.0679 e. The minimum absolute atomic E-state index is 0.993. The Morgan fingerprint density at radius 2 is 1.41 bits per heavy atom. The number of anilines is 2. The molecule has 5 heteroatoms. The third kappa shape index (κ3) is 2.95. The van der Waals surface area contributed by atoms with E-state index in [0.717, 1.165) is 24.8 Å². The molecule has 2 aromatic carbocycles. The molecule has 0 fully saturated rings. The molecule has 88 valence electrons. The second-order valence-electron chi connectivity index (χ2n) is 3.31. The van der Waals surface area contributed by atoms with E-state index >= 15 is 0 Å². The van der Waals surface area contributed by atoms with E-state index in [2.05, 4.69) is 63.9 Å². The zero-order valence-corrected chi connectivity index (χ0v) is 14.8. The largest absolute Gasteiger partial charge is 0.276 e. The highest BCUT2D eigenvalue weighted by Gasteiger charge is 2.13. The first-order valence-electron chi connectivity index (χ1n) is 4.75. The van der Waals surface area contributed by atoms with E-state index in [1.54, 1.807) is 0 Å². The fraction of sp³-hybridized carbons (Fsp3) is 0. The van der Waals surface area contributed by atoms with E-state index in [1.807, 2.05) is 46.4 Å². The first-order chi connectivity index (χ1) is 8.11. The molecular formula is C12H7Br4N. The molecule has 0 aromatic heterocycles. The lowest BCUT2D eigenvalue weighted by atomic mass is 10.3. The molecule has 0 bridgehead atoms. The predicted molar refractivity (Wildman–Crippen MR) is 87.1 cm³/mol. The quantitative estimate of drug-likeness (QED) is 0.351. The van der Waals surface area contributed by atoms with E-state index in [9.17, 15) is 0 Å². The average molecular weight is 485 g/mol. The Kier molecular flexibility index (Phi) is 4.69. The van der Waals surface area contributed by atoms with Gasteiger partial charge in [-0.2, -0.15) is 0 Å². The van der Waals surface area contributed by atoms with Crippen LogP contribution in [-0.2, 0) is 0 Å². The van der Waals surface area contributed by atoms with Gasteiger partial charge in [-0.25, -0.2) is 0 Å². The van der Waals surface area contributed by atoms with Crippen LogP contribution in [0.1, 0.15) is 0 Å². The summed E-state index contributed by atoms with van der Waals surface area (Å²) in [4.78, 5) is 0. The molecule has 2 rings (SSSR count). The van der Waals surface area contributed by atoms with Gasteiger partial charge in [0, 0.05) is 8.95 Å². The topological polar surface area (TPSA) is 3.24 Å². The molecule has 0 N–H and O–H groups in total. The predicted octanol–water partition coefficient (Wildman–Crippen LogP) is 6.42. The molecular weight excluding hydrogens is 478 g/mol. The number of benzene rings is 2. The van der Waals surface area contributed by atoms with Crippen molar-refractivity contribution in [2.75, 3.05) is 3.93 Å². The van der Waals surface area contributed by atoms with Crippen LogP contribution in [0.4, 0.5) is 11.4 Å². The highest BCUT2D eigenvalue weighted by atomic mass is 79.9. The van der Waals surface area contributed by atoms with E-state index in [1.165, 1.54) is 0 Å². The molecule has 2 aromatic rings. The van der Waals surface area contributed by atoms with Crippen molar-refractivity contribution < 1.29 is 0 Å². The summed E-state index contributed by atoms with van der Waals surface area (Å²) in [7, 11) is 0. The zero-order valence-electron chi connectivity index (χ0n) is 8.50. The zero-order chi connectivity index (χ0) is 12.4. The lowest BCUT2D eigenvalue weighted by Gasteiger charge is -2.19. The van der Waals surface area contributed by atoms with Gasteiger partial charge < -0.3 is 0 Å². The van der Waals surface area contributed by atoms with Gasteiger partial charge in [-0.3, -0.25) is 3.93 Å². The maximum atomic E-state index is 3.58. The van der Waals surface area contributed by atoms with Crippen molar-refractivity contribution >= 4 is 75.3 Å². The lowest BCUT2D eigenvalue weighted by Crippen LogP contribution is -2.01. The number of nitrogens with zero attached hydrogens (tertiary/aromatic N) is 1. The molecule has 1 nitrogen and oxygen atoms in total. The highest BCUT2D eigenvalue weighted by Crippen LogP contribution is 2.41. The average Bonchev–Trinajstić information content (AvgIpc) is 2.36. The van der Waals surface area contributed by atoms with Gasteiger partial charge in [-0.05, 0) is 72.1 Å². The highest BCUT2D eigenvalue weighted by molar-refractivity contribution is 9.14. The van der Waals surface area contributed by atoms with Crippen LogP contribution in [0.25, 0.3) is 0 Å². The standard InChI is InChI=1S/C12H7Br4N/c13-9-6-7-10(12(15)11(9)14)17(16)8-4-2-1-3-5-8/h1-7H. The van der Waals surface area contributed by atoms with Gasteiger partial charge in [0.15, 0.2) is 0 Å². The van der Waals surface area contributed by atoms with E-state index < -0.39 is 0 Å². The van der Waals surface area contributed by atoms with E-state index in [-0.39, 0.29) is 0 Å². The van der Waals surface area contributed by atoms with Gasteiger partial charge in [-0.1, -0.05) is 18.2 Å². The Morgan fingerprint density at radius 1 is 0.765 bits per heavy atom. The second kappa shape index (κ2) is 5.87. The second-order valence-corrected chi connectivity index (χ2v) is 6.46. The van der Waals surface area contributed by atoms with Crippen LogP contribution in [0.3, 0.4) is 0 Å². The monoisotopic (exact) mass is 481 g/mol. The lowest BCUT2D eigenvalue weighted by molar-refractivity contribution is 1.41. The van der Waals surface area contributed by atoms with Crippen LogP contribution in [0.5, 0.6) is 0 Å². The molecule has 0 atom stereocenters. The van der Waals surface area contributed by atoms with Gasteiger partial charge >= 0.3 is 0 Å². The van der Waals surface area contributed by atoms with Crippen molar-refractivity contribution in [3.8, 4) is 0 Å². The van der Waals surface area contributed by atoms with E-state index in [4.69, 9.17) is 0 Å². The molecule has 0 radical (unpaired) electrons. The Labute approximate surface area is 134 Å². The molecule has 0 spiro atoms. The molecule has 0 aliphatic carbocycles. The fourth-order valence-electron chi connectivity index (χ4n) is 1.37. The first-order valence-corrected chi connectivity index (χ1v) is 7.84. The minimum atomic E-state index is 0.993. The van der Waals surface area contributed by atoms with Crippen molar-refractivity contribution in [1.29, 1.82) is 0 Å². The molecule has 0 aliphatic heterocycles. The number of rotatable bonds is 2. The number of halogens is 4. The summed E-state index contributed by atoms with van der Waals surface area (Å²) < 4.78 is 4.96. The minimum Gasteiger partial charge on any atom is -0.276 e. The maximum Gasteiger partial charge on any atom is 0.0679 e. The van der Waals surface area contributed by atoms with Crippen molar-refractivity contribution in [2.24, 2.45) is 0 Å². The maximum absolute atomic E-state index is 3.58. The molecule has 0 aliphatic rings. The molecule has 0 unspecified atom stereocenters. The normalized spacial score (nSPS) is 10.4. The van der Waals surface area contributed by atoms with E-state index in [0.29, 0.717) is 0 Å². The SMILES string of the molecule is Brc1ccc(N(Br)c2ccccc2)c(Br)c1Br. The number of hydrogen-bond acceptors (Lipinski definition) is 1. The van der Waals surface area contributed by atoms with Crippen LogP contribution < -0.4 is 3.93 Å². The van der Waals surface area contributed by atoms with Gasteiger partial charge in [-0.15, -0.1) is 0 Å². The summed E-state index contributed by atoms with van der Waals surface area (Å²) in [5.74, 6) is 0. The van der Waals surface area contributed by atoms with Gasteiger partial charge in [0.1, 0.15) is 0 Å². The van der Waals surface area contributed by atoms with Crippen LogP contribution in [-0.4, -0.2) is 0 Å². The van der Waals surface area contributed by atoms with Crippen molar-refractivity contribution in [1.82, 2.24) is 0 Å². The first kappa shape index (κ1) is 13.6. The van der Waals surface area contributed by atoms with Crippen molar-refractivity contribution in [3.05, 3.63) is 55.9 Å². The summed E-state index contributed by atoms with van der Waals surface area (Å²) >= 11 is 14.2. The van der Waals surface area contributed by atoms with Gasteiger partial charge in [0.25, 0.3) is 0 Å². The molecule has 0 heterocycles. The Morgan fingerprint density at radius 3 is 2.06 bits per heavy atom.